The number of anilines is 1. The molecule has 1 aromatic carbocycles. The van der Waals surface area contributed by atoms with Crippen LogP contribution in [0.15, 0.2) is 30.3 Å². The highest BCUT2D eigenvalue weighted by atomic mass is 32.1. The normalized spacial score (nSPS) is 17.0. The summed E-state index contributed by atoms with van der Waals surface area (Å²) in [6.07, 6.45) is 0.817. The molecule has 0 saturated heterocycles. The SMILES string of the molecule is Cc1cc(CNC(=O)C2CNc3ccccc3C2)sc1C. The second-order valence-corrected chi connectivity index (χ2v) is 6.95. The second kappa shape index (κ2) is 5.90. The van der Waals surface area contributed by atoms with Crippen molar-refractivity contribution in [1.82, 2.24) is 5.32 Å². The van der Waals surface area contributed by atoms with E-state index in [1.165, 1.54) is 20.9 Å². The zero-order valence-electron chi connectivity index (χ0n) is 12.4. The Hall–Kier alpha value is -1.81. The molecule has 1 aliphatic heterocycles. The number of rotatable bonds is 3. The van der Waals surface area contributed by atoms with E-state index < -0.39 is 0 Å². The van der Waals surface area contributed by atoms with Crippen molar-refractivity contribution in [2.24, 2.45) is 5.92 Å². The van der Waals surface area contributed by atoms with Gasteiger partial charge in [-0.05, 0) is 43.5 Å². The molecule has 0 fully saturated rings. The largest absolute Gasteiger partial charge is 0.384 e. The lowest BCUT2D eigenvalue weighted by Gasteiger charge is -2.25. The molecule has 2 aromatic rings. The Morgan fingerprint density at radius 2 is 2.19 bits per heavy atom. The molecule has 110 valence electrons. The smallest absolute Gasteiger partial charge is 0.225 e. The Kier molecular flexibility index (Phi) is 3.97. The van der Waals surface area contributed by atoms with Crippen LogP contribution >= 0.6 is 11.3 Å². The summed E-state index contributed by atoms with van der Waals surface area (Å²) in [5.41, 5.74) is 3.69. The van der Waals surface area contributed by atoms with E-state index in [-0.39, 0.29) is 11.8 Å². The average Bonchev–Trinajstić information content (AvgIpc) is 2.83. The van der Waals surface area contributed by atoms with Gasteiger partial charge in [-0.3, -0.25) is 4.79 Å². The number of hydrogen-bond acceptors (Lipinski definition) is 3. The highest BCUT2D eigenvalue weighted by Crippen LogP contribution is 2.25. The Bertz CT molecular complexity index is 643. The topological polar surface area (TPSA) is 41.1 Å². The second-order valence-electron chi connectivity index (χ2n) is 5.61. The Morgan fingerprint density at radius 3 is 2.95 bits per heavy atom. The van der Waals surface area contributed by atoms with Crippen LogP contribution in [-0.2, 0) is 17.8 Å². The molecule has 3 nitrogen and oxygen atoms in total. The number of carbonyl (C=O) groups excluding carboxylic acids is 1. The summed E-state index contributed by atoms with van der Waals surface area (Å²) in [6, 6.07) is 10.4. The van der Waals surface area contributed by atoms with Crippen molar-refractivity contribution in [2.75, 3.05) is 11.9 Å². The van der Waals surface area contributed by atoms with Crippen LogP contribution in [0, 0.1) is 19.8 Å². The Labute approximate surface area is 129 Å². The molecule has 0 radical (unpaired) electrons. The molecule has 1 amide bonds. The van der Waals surface area contributed by atoms with Crippen LogP contribution in [0.25, 0.3) is 0 Å². The summed E-state index contributed by atoms with van der Waals surface area (Å²) < 4.78 is 0. The fraction of sp³-hybridized carbons (Fsp3) is 0.353. The minimum atomic E-state index is 0.0158. The first-order chi connectivity index (χ1) is 10.1. The molecular weight excluding hydrogens is 280 g/mol. The Balaban J connectivity index is 1.59. The third-order valence-corrected chi connectivity index (χ3v) is 5.20. The van der Waals surface area contributed by atoms with Crippen molar-refractivity contribution in [1.29, 1.82) is 0 Å². The van der Waals surface area contributed by atoms with Crippen LogP contribution < -0.4 is 10.6 Å². The van der Waals surface area contributed by atoms with Gasteiger partial charge in [-0.15, -0.1) is 11.3 Å². The number of para-hydroxylation sites is 1. The molecule has 4 heteroatoms. The van der Waals surface area contributed by atoms with Gasteiger partial charge in [0, 0.05) is 22.0 Å². The molecule has 21 heavy (non-hydrogen) atoms. The van der Waals surface area contributed by atoms with Crippen molar-refractivity contribution in [3.63, 3.8) is 0 Å². The van der Waals surface area contributed by atoms with Gasteiger partial charge in [0.15, 0.2) is 0 Å². The number of hydrogen-bond donors (Lipinski definition) is 2. The van der Waals surface area contributed by atoms with E-state index in [0.717, 1.165) is 12.1 Å². The lowest BCUT2D eigenvalue weighted by molar-refractivity contribution is -0.124. The molecule has 0 spiro atoms. The van der Waals surface area contributed by atoms with E-state index in [1.807, 2.05) is 12.1 Å². The van der Waals surface area contributed by atoms with Crippen LogP contribution in [0.4, 0.5) is 5.69 Å². The average molecular weight is 300 g/mol. The maximum atomic E-state index is 12.3. The molecular formula is C17H20N2OS. The van der Waals surface area contributed by atoms with E-state index in [4.69, 9.17) is 0 Å². The van der Waals surface area contributed by atoms with Gasteiger partial charge in [-0.2, -0.15) is 0 Å². The van der Waals surface area contributed by atoms with E-state index in [2.05, 4.69) is 42.7 Å². The number of nitrogens with one attached hydrogen (secondary N) is 2. The molecule has 1 aromatic heterocycles. The van der Waals surface area contributed by atoms with Gasteiger partial charge in [-0.25, -0.2) is 0 Å². The molecule has 2 N–H and O–H groups in total. The predicted octanol–water partition coefficient (Wildman–Crippen LogP) is 3.27. The van der Waals surface area contributed by atoms with Gasteiger partial charge in [-0.1, -0.05) is 18.2 Å². The monoisotopic (exact) mass is 300 g/mol. The number of aryl methyl sites for hydroxylation is 2. The van der Waals surface area contributed by atoms with Crippen LogP contribution in [0.5, 0.6) is 0 Å². The standard InChI is InChI=1S/C17H20N2OS/c1-11-7-15(21-12(11)2)10-19-17(20)14-8-13-5-3-4-6-16(13)18-9-14/h3-7,14,18H,8-10H2,1-2H3,(H,19,20). The van der Waals surface area contributed by atoms with E-state index >= 15 is 0 Å². The molecule has 1 unspecified atom stereocenters. The van der Waals surface area contributed by atoms with Gasteiger partial charge >= 0.3 is 0 Å². The third kappa shape index (κ3) is 3.10. The number of carbonyl (C=O) groups is 1. The molecule has 1 atom stereocenters. The zero-order chi connectivity index (χ0) is 14.8. The van der Waals surface area contributed by atoms with Gasteiger partial charge in [0.25, 0.3) is 0 Å². The van der Waals surface area contributed by atoms with Crippen LogP contribution in [0.1, 0.15) is 20.9 Å². The minimum absolute atomic E-state index is 0.0158. The molecule has 1 aliphatic rings. The molecule has 0 bridgehead atoms. The maximum Gasteiger partial charge on any atom is 0.225 e. The number of benzene rings is 1. The summed E-state index contributed by atoms with van der Waals surface area (Å²) in [5, 5.41) is 6.42. The summed E-state index contributed by atoms with van der Waals surface area (Å²) in [4.78, 5) is 14.9. The first-order valence-corrected chi connectivity index (χ1v) is 8.10. The quantitative estimate of drug-likeness (QED) is 0.913. The fourth-order valence-electron chi connectivity index (χ4n) is 2.68. The summed E-state index contributed by atoms with van der Waals surface area (Å²) in [5.74, 6) is 0.155. The maximum absolute atomic E-state index is 12.3. The van der Waals surface area contributed by atoms with Gasteiger partial charge < -0.3 is 10.6 Å². The predicted molar refractivity (Wildman–Crippen MR) is 87.8 cm³/mol. The highest BCUT2D eigenvalue weighted by Gasteiger charge is 2.23. The molecule has 0 saturated carbocycles. The van der Waals surface area contributed by atoms with Crippen molar-refractivity contribution in [3.05, 3.63) is 51.2 Å². The minimum Gasteiger partial charge on any atom is -0.384 e. The van der Waals surface area contributed by atoms with Crippen molar-refractivity contribution in [2.45, 2.75) is 26.8 Å². The molecule has 0 aliphatic carbocycles. The third-order valence-electron chi connectivity index (χ3n) is 4.05. The zero-order valence-corrected chi connectivity index (χ0v) is 13.2. The van der Waals surface area contributed by atoms with Gasteiger partial charge in [0.1, 0.15) is 0 Å². The summed E-state index contributed by atoms with van der Waals surface area (Å²) >= 11 is 1.76. The summed E-state index contributed by atoms with van der Waals surface area (Å²) in [6.45, 7) is 5.58. The Morgan fingerprint density at radius 1 is 1.38 bits per heavy atom. The van der Waals surface area contributed by atoms with Crippen molar-refractivity contribution in [3.8, 4) is 0 Å². The van der Waals surface area contributed by atoms with E-state index in [9.17, 15) is 4.79 Å². The summed E-state index contributed by atoms with van der Waals surface area (Å²) in [7, 11) is 0. The fourth-order valence-corrected chi connectivity index (χ4v) is 3.68. The first kappa shape index (κ1) is 14.1. The van der Waals surface area contributed by atoms with Crippen LogP contribution in [-0.4, -0.2) is 12.5 Å². The number of amides is 1. The first-order valence-electron chi connectivity index (χ1n) is 7.29. The highest BCUT2D eigenvalue weighted by molar-refractivity contribution is 7.12. The lowest BCUT2D eigenvalue weighted by atomic mass is 9.93. The van der Waals surface area contributed by atoms with E-state index in [1.54, 1.807) is 11.3 Å². The van der Waals surface area contributed by atoms with E-state index in [0.29, 0.717) is 13.1 Å². The van der Waals surface area contributed by atoms with Crippen molar-refractivity contribution < 1.29 is 4.79 Å². The van der Waals surface area contributed by atoms with Crippen LogP contribution in [0.3, 0.4) is 0 Å². The number of thiophene rings is 1. The van der Waals surface area contributed by atoms with Gasteiger partial charge in [0.2, 0.25) is 5.91 Å². The van der Waals surface area contributed by atoms with Crippen molar-refractivity contribution >= 4 is 22.9 Å². The number of fused-ring (bicyclic) bond motifs is 1. The molecule has 2 heterocycles. The van der Waals surface area contributed by atoms with Gasteiger partial charge in [0.05, 0.1) is 12.5 Å². The molecule has 3 rings (SSSR count). The lowest BCUT2D eigenvalue weighted by Crippen LogP contribution is -2.37. The van der Waals surface area contributed by atoms with Crippen LogP contribution in [0.2, 0.25) is 0 Å².